The van der Waals surface area contributed by atoms with Crippen molar-refractivity contribution in [3.8, 4) is 11.4 Å². The van der Waals surface area contributed by atoms with Crippen LogP contribution in [0.15, 0.2) is 24.7 Å². The maximum Gasteiger partial charge on any atom is 0.107 e. The van der Waals surface area contributed by atoms with Gasteiger partial charge in [0.1, 0.15) is 5.69 Å². The molecule has 2 aromatic heterocycles. The zero-order chi connectivity index (χ0) is 14.7. The maximum atomic E-state index is 4.80. The summed E-state index contributed by atoms with van der Waals surface area (Å²) in [6, 6.07) is 2.33. The molecule has 0 aliphatic carbocycles. The lowest BCUT2D eigenvalue weighted by atomic mass is 9.95. The summed E-state index contributed by atoms with van der Waals surface area (Å²) < 4.78 is 2.00. The number of aromatic nitrogens is 4. The van der Waals surface area contributed by atoms with Crippen molar-refractivity contribution in [3.05, 3.63) is 30.4 Å². The smallest absolute Gasteiger partial charge is 0.107 e. The van der Waals surface area contributed by atoms with Gasteiger partial charge in [-0.05, 0) is 58.2 Å². The molecule has 112 valence electrons. The molecule has 5 nitrogen and oxygen atoms in total. The predicted molar refractivity (Wildman–Crippen MR) is 82.9 cm³/mol. The Morgan fingerprint density at radius 2 is 2.29 bits per heavy atom. The number of hydrogen-bond acceptors (Lipinski definition) is 4. The van der Waals surface area contributed by atoms with Crippen LogP contribution >= 0.6 is 0 Å². The first-order valence-electron chi connectivity index (χ1n) is 7.79. The average Bonchev–Trinajstić information content (AvgIpc) is 2.98. The van der Waals surface area contributed by atoms with Gasteiger partial charge in [0, 0.05) is 18.4 Å². The highest BCUT2D eigenvalue weighted by molar-refractivity contribution is 5.53. The molecular weight excluding hydrogens is 262 g/mol. The molecule has 1 aliphatic heterocycles. The van der Waals surface area contributed by atoms with Crippen molar-refractivity contribution < 1.29 is 0 Å². The lowest BCUT2D eigenvalue weighted by Gasteiger charge is -2.22. The molecule has 1 saturated heterocycles. The second-order valence-corrected chi connectivity index (χ2v) is 6.07. The first-order chi connectivity index (χ1) is 10.2. The van der Waals surface area contributed by atoms with E-state index in [9.17, 15) is 0 Å². The third kappa shape index (κ3) is 3.29. The lowest BCUT2D eigenvalue weighted by Crippen LogP contribution is -2.31. The van der Waals surface area contributed by atoms with E-state index in [1.807, 2.05) is 29.3 Å². The Kier molecular flexibility index (Phi) is 4.29. The van der Waals surface area contributed by atoms with Crippen LogP contribution in [0.5, 0.6) is 0 Å². The minimum Gasteiger partial charge on any atom is -0.316 e. The molecule has 1 atom stereocenters. The van der Waals surface area contributed by atoms with Crippen molar-refractivity contribution >= 4 is 0 Å². The van der Waals surface area contributed by atoms with Crippen LogP contribution in [0.2, 0.25) is 0 Å². The monoisotopic (exact) mass is 285 g/mol. The number of hydrogen-bond donors (Lipinski definition) is 1. The summed E-state index contributed by atoms with van der Waals surface area (Å²) in [5.74, 6) is 0.679. The zero-order valence-corrected chi connectivity index (χ0v) is 12.8. The summed E-state index contributed by atoms with van der Waals surface area (Å²) in [5, 5.41) is 7.84. The first kappa shape index (κ1) is 14.2. The highest BCUT2D eigenvalue weighted by Gasteiger charge is 2.16. The van der Waals surface area contributed by atoms with Crippen LogP contribution in [0.1, 0.15) is 38.4 Å². The van der Waals surface area contributed by atoms with Crippen molar-refractivity contribution in [2.75, 3.05) is 13.1 Å². The number of nitrogens with zero attached hydrogens (tertiary/aromatic N) is 4. The van der Waals surface area contributed by atoms with Gasteiger partial charge in [-0.15, -0.1) is 0 Å². The van der Waals surface area contributed by atoms with Crippen LogP contribution in [-0.4, -0.2) is 32.8 Å². The van der Waals surface area contributed by atoms with Gasteiger partial charge < -0.3 is 5.32 Å². The molecule has 1 fully saturated rings. The summed E-state index contributed by atoms with van der Waals surface area (Å²) >= 11 is 0. The standard InChI is InChI=1S/C16H23N5/c1-12(2)21-16(5-7-19-21)15-11-18-10-14(20-15)8-13-4-3-6-17-9-13/h5,7,10-13,17H,3-4,6,8-9H2,1-2H3/t13-/m1/s1. The maximum absolute atomic E-state index is 4.80. The van der Waals surface area contributed by atoms with Gasteiger partial charge in [-0.2, -0.15) is 5.10 Å². The summed E-state index contributed by atoms with van der Waals surface area (Å²) in [7, 11) is 0. The Balaban J connectivity index is 1.80. The molecule has 1 N–H and O–H groups in total. The molecule has 0 unspecified atom stereocenters. The fraction of sp³-hybridized carbons (Fsp3) is 0.562. The molecule has 5 heteroatoms. The number of nitrogens with one attached hydrogen (secondary N) is 1. The molecule has 2 aromatic rings. The molecule has 0 aromatic carbocycles. The fourth-order valence-corrected chi connectivity index (χ4v) is 2.95. The normalized spacial score (nSPS) is 19.1. The quantitative estimate of drug-likeness (QED) is 0.937. The van der Waals surface area contributed by atoms with Gasteiger partial charge in [0.05, 0.1) is 17.6 Å². The van der Waals surface area contributed by atoms with Gasteiger partial charge in [-0.1, -0.05) is 0 Å². The largest absolute Gasteiger partial charge is 0.316 e. The Labute approximate surface area is 125 Å². The van der Waals surface area contributed by atoms with E-state index in [4.69, 9.17) is 4.98 Å². The summed E-state index contributed by atoms with van der Waals surface area (Å²) in [4.78, 5) is 9.18. The Morgan fingerprint density at radius 3 is 3.05 bits per heavy atom. The van der Waals surface area contributed by atoms with E-state index in [2.05, 4.69) is 29.2 Å². The Bertz CT molecular complexity index is 584. The second-order valence-electron chi connectivity index (χ2n) is 6.07. The molecule has 0 radical (unpaired) electrons. The van der Waals surface area contributed by atoms with Crippen molar-refractivity contribution in [2.45, 2.75) is 39.2 Å². The van der Waals surface area contributed by atoms with Crippen LogP contribution in [0.25, 0.3) is 11.4 Å². The second kappa shape index (κ2) is 6.35. The van der Waals surface area contributed by atoms with Gasteiger partial charge in [-0.3, -0.25) is 9.67 Å². The first-order valence-corrected chi connectivity index (χ1v) is 7.79. The molecule has 3 rings (SSSR count). The van der Waals surface area contributed by atoms with E-state index in [-0.39, 0.29) is 0 Å². The van der Waals surface area contributed by atoms with Gasteiger partial charge in [0.15, 0.2) is 0 Å². The molecule has 1 aliphatic rings. The van der Waals surface area contributed by atoms with Crippen molar-refractivity contribution in [3.63, 3.8) is 0 Å². The molecule has 0 saturated carbocycles. The van der Waals surface area contributed by atoms with Crippen LogP contribution in [-0.2, 0) is 6.42 Å². The zero-order valence-electron chi connectivity index (χ0n) is 12.8. The molecule has 0 bridgehead atoms. The highest BCUT2D eigenvalue weighted by atomic mass is 15.3. The van der Waals surface area contributed by atoms with Crippen molar-refractivity contribution in [1.82, 2.24) is 25.1 Å². The van der Waals surface area contributed by atoms with E-state index in [0.717, 1.165) is 36.6 Å². The van der Waals surface area contributed by atoms with E-state index in [0.29, 0.717) is 12.0 Å². The van der Waals surface area contributed by atoms with Crippen LogP contribution in [0, 0.1) is 5.92 Å². The van der Waals surface area contributed by atoms with Crippen LogP contribution < -0.4 is 5.32 Å². The molecule has 0 spiro atoms. The fourth-order valence-electron chi connectivity index (χ4n) is 2.95. The van der Waals surface area contributed by atoms with Gasteiger partial charge in [-0.25, -0.2) is 4.98 Å². The SMILES string of the molecule is CC(C)n1nccc1-c1cncc(C[C@H]2CCCNC2)n1. The summed E-state index contributed by atoms with van der Waals surface area (Å²) in [6.45, 7) is 6.49. The molecular formula is C16H23N5. The van der Waals surface area contributed by atoms with Crippen LogP contribution in [0.3, 0.4) is 0 Å². The topological polar surface area (TPSA) is 55.6 Å². The van der Waals surface area contributed by atoms with Crippen molar-refractivity contribution in [2.24, 2.45) is 5.92 Å². The van der Waals surface area contributed by atoms with Gasteiger partial charge >= 0.3 is 0 Å². The van der Waals surface area contributed by atoms with E-state index in [1.165, 1.54) is 12.8 Å². The van der Waals surface area contributed by atoms with Gasteiger partial charge in [0.2, 0.25) is 0 Å². The van der Waals surface area contributed by atoms with Crippen molar-refractivity contribution in [1.29, 1.82) is 0 Å². The highest BCUT2D eigenvalue weighted by Crippen LogP contribution is 2.21. The summed E-state index contributed by atoms with van der Waals surface area (Å²) in [5.41, 5.74) is 3.04. The minimum atomic E-state index is 0.322. The third-order valence-electron chi connectivity index (χ3n) is 4.00. The molecule has 21 heavy (non-hydrogen) atoms. The van der Waals surface area contributed by atoms with E-state index >= 15 is 0 Å². The molecule has 0 amide bonds. The van der Waals surface area contributed by atoms with E-state index in [1.54, 1.807) is 0 Å². The van der Waals surface area contributed by atoms with Gasteiger partial charge in [0.25, 0.3) is 0 Å². The number of piperidine rings is 1. The minimum absolute atomic E-state index is 0.322. The molecule has 3 heterocycles. The van der Waals surface area contributed by atoms with E-state index < -0.39 is 0 Å². The summed E-state index contributed by atoms with van der Waals surface area (Å²) in [6.07, 6.45) is 9.10. The van der Waals surface area contributed by atoms with Crippen LogP contribution in [0.4, 0.5) is 0 Å². The lowest BCUT2D eigenvalue weighted by molar-refractivity contribution is 0.373. The Hall–Kier alpha value is -1.75. The predicted octanol–water partition coefficient (Wildman–Crippen LogP) is 2.46. The third-order valence-corrected chi connectivity index (χ3v) is 4.00. The number of rotatable bonds is 4. The average molecular weight is 285 g/mol. The Morgan fingerprint density at radius 1 is 1.38 bits per heavy atom.